The number of amides is 1. The van der Waals surface area contributed by atoms with Crippen LogP contribution in [0.4, 0.5) is 18.9 Å². The molecule has 0 fully saturated rings. The molecule has 0 atom stereocenters. The van der Waals surface area contributed by atoms with E-state index in [2.05, 4.69) is 13.8 Å². The van der Waals surface area contributed by atoms with E-state index in [0.717, 1.165) is 18.1 Å². The van der Waals surface area contributed by atoms with E-state index >= 15 is 0 Å². The zero-order chi connectivity index (χ0) is 19.3. The zero-order valence-corrected chi connectivity index (χ0v) is 14.3. The minimum absolute atomic E-state index is 0.268. The highest BCUT2D eigenvalue weighted by Gasteiger charge is 2.16. The zero-order valence-electron chi connectivity index (χ0n) is 14.3. The summed E-state index contributed by atoms with van der Waals surface area (Å²) in [4.78, 5) is 23.6. The number of anilines is 1. The smallest absolute Gasteiger partial charge is 0.338 e. The highest BCUT2D eigenvalue weighted by molar-refractivity contribution is 5.95. The molecule has 0 aliphatic heterocycles. The van der Waals surface area contributed by atoms with E-state index in [1.807, 2.05) is 5.32 Å². The average molecular weight is 365 g/mol. The Morgan fingerprint density at radius 3 is 2.27 bits per heavy atom. The van der Waals surface area contributed by atoms with Gasteiger partial charge >= 0.3 is 5.97 Å². The van der Waals surface area contributed by atoms with Crippen molar-refractivity contribution in [2.45, 2.75) is 20.3 Å². The van der Waals surface area contributed by atoms with Crippen molar-refractivity contribution < 1.29 is 27.5 Å². The Balaban J connectivity index is 1.91. The number of carbonyl (C=O) groups is 2. The van der Waals surface area contributed by atoms with Crippen LogP contribution in [0.5, 0.6) is 0 Å². The number of hydrogen-bond donors (Lipinski definition) is 1. The monoisotopic (exact) mass is 365 g/mol. The van der Waals surface area contributed by atoms with Gasteiger partial charge in [-0.3, -0.25) is 4.79 Å². The van der Waals surface area contributed by atoms with Crippen molar-refractivity contribution in [3.05, 3.63) is 65.0 Å². The first-order chi connectivity index (χ1) is 12.3. The first kappa shape index (κ1) is 19.5. The number of ether oxygens (including phenoxy) is 1. The molecule has 0 saturated carbocycles. The molecule has 0 spiro atoms. The molecule has 0 radical (unpaired) electrons. The van der Waals surface area contributed by atoms with Crippen LogP contribution in [0, 0.1) is 23.4 Å². The van der Waals surface area contributed by atoms with Crippen LogP contribution in [0.25, 0.3) is 0 Å². The van der Waals surface area contributed by atoms with Gasteiger partial charge in [-0.15, -0.1) is 0 Å². The van der Waals surface area contributed by atoms with Crippen LogP contribution in [0.15, 0.2) is 36.4 Å². The number of carbonyl (C=O) groups excluding carboxylic acids is 2. The van der Waals surface area contributed by atoms with Gasteiger partial charge in [-0.1, -0.05) is 26.0 Å². The van der Waals surface area contributed by atoms with Gasteiger partial charge in [-0.2, -0.15) is 0 Å². The number of nitrogens with one attached hydrogen (secondary N) is 1. The second-order valence-corrected chi connectivity index (χ2v) is 6.14. The summed E-state index contributed by atoms with van der Waals surface area (Å²) in [6, 6.07) is 8.33. The molecule has 0 saturated heterocycles. The molecule has 0 aliphatic rings. The van der Waals surface area contributed by atoms with Crippen molar-refractivity contribution in [1.29, 1.82) is 0 Å². The van der Waals surface area contributed by atoms with Gasteiger partial charge in [0.1, 0.15) is 0 Å². The Hall–Kier alpha value is -2.83. The Morgan fingerprint density at radius 2 is 1.65 bits per heavy atom. The SMILES string of the molecule is CC(C)Cc1ccc(C(=O)OCC(=O)Nc2ccc(F)c(F)c2F)cc1. The van der Waals surface area contributed by atoms with E-state index in [1.54, 1.807) is 24.3 Å². The van der Waals surface area contributed by atoms with E-state index in [4.69, 9.17) is 4.74 Å². The molecule has 2 rings (SSSR count). The summed E-state index contributed by atoms with van der Waals surface area (Å²) in [6.07, 6.45) is 0.873. The number of rotatable bonds is 6. The lowest BCUT2D eigenvalue weighted by Crippen LogP contribution is -2.21. The molecule has 138 valence electrons. The van der Waals surface area contributed by atoms with Crippen molar-refractivity contribution in [3.8, 4) is 0 Å². The number of esters is 1. The maximum Gasteiger partial charge on any atom is 0.338 e. The Morgan fingerprint density at radius 1 is 1.00 bits per heavy atom. The van der Waals surface area contributed by atoms with Gasteiger partial charge in [0, 0.05) is 0 Å². The molecular formula is C19H18F3NO3. The molecule has 7 heteroatoms. The number of benzene rings is 2. The minimum Gasteiger partial charge on any atom is -0.452 e. The summed E-state index contributed by atoms with van der Waals surface area (Å²) in [5, 5.41) is 2.02. The third-order valence-electron chi connectivity index (χ3n) is 3.48. The topological polar surface area (TPSA) is 55.4 Å². The summed E-state index contributed by atoms with van der Waals surface area (Å²) in [6.45, 7) is 3.47. The molecule has 0 aliphatic carbocycles. The van der Waals surface area contributed by atoms with E-state index in [9.17, 15) is 22.8 Å². The van der Waals surface area contributed by atoms with Crippen LogP contribution < -0.4 is 5.32 Å². The molecule has 0 heterocycles. The molecule has 26 heavy (non-hydrogen) atoms. The fourth-order valence-corrected chi connectivity index (χ4v) is 2.27. The number of hydrogen-bond acceptors (Lipinski definition) is 3. The van der Waals surface area contributed by atoms with Gasteiger partial charge in [0.25, 0.3) is 5.91 Å². The lowest BCUT2D eigenvalue weighted by molar-refractivity contribution is -0.119. The van der Waals surface area contributed by atoms with E-state index in [1.165, 1.54) is 0 Å². The number of halogens is 3. The third-order valence-corrected chi connectivity index (χ3v) is 3.48. The summed E-state index contributed by atoms with van der Waals surface area (Å²) in [5.41, 5.74) is 0.801. The van der Waals surface area contributed by atoms with Gasteiger partial charge in [0.2, 0.25) is 0 Å². The predicted octanol–water partition coefficient (Wildman–Crippen LogP) is 4.10. The van der Waals surface area contributed by atoms with Crippen molar-refractivity contribution in [2.75, 3.05) is 11.9 Å². The van der Waals surface area contributed by atoms with Crippen molar-refractivity contribution >= 4 is 17.6 Å². The van der Waals surface area contributed by atoms with E-state index in [-0.39, 0.29) is 5.56 Å². The summed E-state index contributed by atoms with van der Waals surface area (Å²) in [5.74, 6) is -5.70. The van der Waals surface area contributed by atoms with Crippen molar-refractivity contribution in [1.82, 2.24) is 0 Å². The van der Waals surface area contributed by atoms with Crippen LogP contribution in [0.3, 0.4) is 0 Å². The van der Waals surface area contributed by atoms with E-state index < -0.39 is 41.6 Å². The summed E-state index contributed by atoms with van der Waals surface area (Å²) < 4.78 is 44.3. The van der Waals surface area contributed by atoms with Crippen LogP contribution >= 0.6 is 0 Å². The van der Waals surface area contributed by atoms with Crippen LogP contribution in [-0.2, 0) is 16.0 Å². The largest absolute Gasteiger partial charge is 0.452 e. The molecule has 4 nitrogen and oxygen atoms in total. The molecule has 0 unspecified atom stereocenters. The molecule has 2 aromatic rings. The molecule has 0 aromatic heterocycles. The molecular weight excluding hydrogens is 347 g/mol. The maximum absolute atomic E-state index is 13.5. The molecule has 0 bridgehead atoms. The Kier molecular flexibility index (Phi) is 6.38. The quantitative estimate of drug-likeness (QED) is 0.619. The van der Waals surface area contributed by atoms with Gasteiger partial charge in [0.15, 0.2) is 24.1 Å². The third kappa shape index (κ3) is 5.08. The lowest BCUT2D eigenvalue weighted by Gasteiger charge is -2.09. The minimum atomic E-state index is -1.69. The molecule has 1 amide bonds. The Labute approximate surface area is 149 Å². The first-order valence-corrected chi connectivity index (χ1v) is 7.97. The normalized spacial score (nSPS) is 10.7. The van der Waals surface area contributed by atoms with Crippen molar-refractivity contribution in [2.24, 2.45) is 5.92 Å². The standard InChI is InChI=1S/C19H18F3NO3/c1-11(2)9-12-3-5-13(6-4-12)19(25)26-10-16(24)23-15-8-7-14(20)17(21)18(15)22/h3-8,11H,9-10H2,1-2H3,(H,23,24). The van der Waals surface area contributed by atoms with Crippen molar-refractivity contribution in [3.63, 3.8) is 0 Å². The summed E-state index contributed by atoms with van der Waals surface area (Å²) >= 11 is 0. The predicted molar refractivity (Wildman–Crippen MR) is 90.2 cm³/mol. The van der Waals surface area contributed by atoms with Crippen LogP contribution in [0.2, 0.25) is 0 Å². The second kappa shape index (κ2) is 8.51. The highest BCUT2D eigenvalue weighted by atomic mass is 19.2. The molecule has 1 N–H and O–H groups in total. The maximum atomic E-state index is 13.5. The molecule has 2 aromatic carbocycles. The second-order valence-electron chi connectivity index (χ2n) is 6.14. The lowest BCUT2D eigenvalue weighted by atomic mass is 10.0. The summed E-state index contributed by atoms with van der Waals surface area (Å²) in [7, 11) is 0. The average Bonchev–Trinajstić information content (AvgIpc) is 2.60. The fraction of sp³-hybridized carbons (Fsp3) is 0.263. The van der Waals surface area contributed by atoms with Gasteiger partial charge < -0.3 is 10.1 Å². The van der Waals surface area contributed by atoms with Crippen LogP contribution in [-0.4, -0.2) is 18.5 Å². The fourth-order valence-electron chi connectivity index (χ4n) is 2.27. The van der Waals surface area contributed by atoms with Gasteiger partial charge in [0.05, 0.1) is 11.3 Å². The van der Waals surface area contributed by atoms with E-state index in [0.29, 0.717) is 12.0 Å². The van der Waals surface area contributed by atoms with Gasteiger partial charge in [-0.05, 0) is 42.2 Å². The first-order valence-electron chi connectivity index (χ1n) is 7.97. The Bertz CT molecular complexity index is 804. The van der Waals surface area contributed by atoms with Crippen LogP contribution in [0.1, 0.15) is 29.8 Å². The highest BCUT2D eigenvalue weighted by Crippen LogP contribution is 2.19. The van der Waals surface area contributed by atoms with Gasteiger partial charge in [-0.25, -0.2) is 18.0 Å².